The Bertz CT molecular complexity index is 1380. The molecule has 0 N–H and O–H groups in total. The summed E-state index contributed by atoms with van der Waals surface area (Å²) in [7, 11) is -8.98. The summed E-state index contributed by atoms with van der Waals surface area (Å²) in [5.41, 5.74) is 0.803. The van der Waals surface area contributed by atoms with Crippen LogP contribution in [0.2, 0.25) is 5.02 Å². The fourth-order valence-corrected chi connectivity index (χ4v) is 7.06. The van der Waals surface area contributed by atoms with E-state index in [9.17, 15) is 16.8 Å². The van der Waals surface area contributed by atoms with E-state index in [2.05, 4.69) is 4.98 Å². The Kier molecular flexibility index (Phi) is 6.01. The quantitative estimate of drug-likeness (QED) is 0.385. The molecule has 9 heteroatoms. The molecule has 6 nitrogen and oxygen atoms in total. The van der Waals surface area contributed by atoms with Crippen LogP contribution in [0.3, 0.4) is 0 Å². The summed E-state index contributed by atoms with van der Waals surface area (Å²) < 4.78 is 54.8. The standard InChI is InChI=1S/C23H17ClN2O4S2/c24-22-15-14-18(17-21(22)23-13-7-8-16-25-23)26(31(27,28)19-9-3-1-4-10-19)32(29,30)20-11-5-2-6-12-20/h1-17H. The van der Waals surface area contributed by atoms with E-state index in [0.717, 1.165) is 0 Å². The van der Waals surface area contributed by atoms with Gasteiger partial charge in [0.05, 0.1) is 26.2 Å². The summed E-state index contributed by atoms with van der Waals surface area (Å²) in [5.74, 6) is 0. The van der Waals surface area contributed by atoms with Crippen LogP contribution in [0, 0.1) is 0 Å². The Morgan fingerprint density at radius 1 is 0.656 bits per heavy atom. The van der Waals surface area contributed by atoms with E-state index < -0.39 is 20.0 Å². The predicted octanol–water partition coefficient (Wildman–Crippen LogP) is 4.99. The van der Waals surface area contributed by atoms with Gasteiger partial charge < -0.3 is 0 Å². The molecule has 0 aliphatic heterocycles. The Balaban J connectivity index is 1.98. The van der Waals surface area contributed by atoms with Gasteiger partial charge in [0.2, 0.25) is 0 Å². The number of benzene rings is 3. The molecule has 0 radical (unpaired) electrons. The van der Waals surface area contributed by atoms with Crippen molar-refractivity contribution in [1.82, 2.24) is 4.98 Å². The number of sulfonamides is 2. The van der Waals surface area contributed by atoms with Crippen molar-refractivity contribution in [2.45, 2.75) is 9.79 Å². The maximum atomic E-state index is 13.6. The molecular weight excluding hydrogens is 468 g/mol. The van der Waals surface area contributed by atoms with Gasteiger partial charge >= 0.3 is 0 Å². The van der Waals surface area contributed by atoms with E-state index in [-0.39, 0.29) is 15.5 Å². The van der Waals surface area contributed by atoms with Crippen molar-refractivity contribution in [3.63, 3.8) is 0 Å². The number of halogens is 1. The molecule has 4 aromatic rings. The van der Waals surface area contributed by atoms with Crippen LogP contribution >= 0.6 is 11.6 Å². The SMILES string of the molecule is O=S(=O)(c1ccccc1)N(c1ccc(Cl)c(-c2ccccn2)c1)S(=O)(=O)c1ccccc1. The summed E-state index contributed by atoms with van der Waals surface area (Å²) in [6.45, 7) is 0. The first-order valence-electron chi connectivity index (χ1n) is 9.43. The first kappa shape index (κ1) is 22.0. The molecule has 1 aromatic heterocycles. The highest BCUT2D eigenvalue weighted by Crippen LogP contribution is 2.36. The number of anilines is 1. The molecule has 3 aromatic carbocycles. The zero-order valence-corrected chi connectivity index (χ0v) is 18.9. The molecule has 0 saturated heterocycles. The van der Waals surface area contributed by atoms with Gasteiger partial charge in [0.1, 0.15) is 0 Å². The highest BCUT2D eigenvalue weighted by Gasteiger charge is 2.37. The van der Waals surface area contributed by atoms with Crippen molar-refractivity contribution < 1.29 is 16.8 Å². The van der Waals surface area contributed by atoms with Gasteiger partial charge in [0, 0.05) is 11.8 Å². The number of pyridine rings is 1. The molecule has 0 unspecified atom stereocenters. The largest absolute Gasteiger partial charge is 0.277 e. The molecule has 162 valence electrons. The summed E-state index contributed by atoms with van der Waals surface area (Å²) in [6, 6.07) is 24.2. The van der Waals surface area contributed by atoms with Crippen LogP contribution in [-0.2, 0) is 20.0 Å². The fraction of sp³-hybridized carbons (Fsp3) is 0. The second-order valence-corrected chi connectivity index (χ2v) is 10.9. The monoisotopic (exact) mass is 484 g/mol. The molecule has 0 amide bonds. The second-order valence-electron chi connectivity index (χ2n) is 6.71. The fourth-order valence-electron chi connectivity index (χ4n) is 3.13. The zero-order valence-electron chi connectivity index (χ0n) is 16.5. The van der Waals surface area contributed by atoms with E-state index in [1.54, 1.807) is 36.5 Å². The van der Waals surface area contributed by atoms with Crippen LogP contribution < -0.4 is 3.71 Å². The van der Waals surface area contributed by atoms with E-state index in [4.69, 9.17) is 11.6 Å². The normalized spacial score (nSPS) is 11.8. The van der Waals surface area contributed by atoms with Gasteiger partial charge in [-0.15, -0.1) is 0 Å². The van der Waals surface area contributed by atoms with Crippen LogP contribution in [0.15, 0.2) is 113 Å². The van der Waals surface area contributed by atoms with Crippen LogP contribution in [0.1, 0.15) is 0 Å². The summed E-state index contributed by atoms with van der Waals surface area (Å²) in [4.78, 5) is 3.93. The average molecular weight is 485 g/mol. The van der Waals surface area contributed by atoms with Crippen LogP contribution in [0.5, 0.6) is 0 Å². The van der Waals surface area contributed by atoms with Gasteiger partial charge in [-0.1, -0.05) is 54.1 Å². The van der Waals surface area contributed by atoms with Gasteiger partial charge in [-0.3, -0.25) is 4.98 Å². The van der Waals surface area contributed by atoms with Gasteiger partial charge in [-0.05, 0) is 54.6 Å². The average Bonchev–Trinajstić information content (AvgIpc) is 2.82. The number of hydrogen-bond acceptors (Lipinski definition) is 5. The lowest BCUT2D eigenvalue weighted by Gasteiger charge is -2.25. The number of aromatic nitrogens is 1. The van der Waals surface area contributed by atoms with Crippen LogP contribution in [0.25, 0.3) is 11.3 Å². The van der Waals surface area contributed by atoms with E-state index in [0.29, 0.717) is 20.0 Å². The molecule has 0 fully saturated rings. The third kappa shape index (κ3) is 4.12. The van der Waals surface area contributed by atoms with E-state index in [1.807, 2.05) is 0 Å². The Labute approximate surface area is 191 Å². The van der Waals surface area contributed by atoms with E-state index >= 15 is 0 Å². The first-order chi connectivity index (χ1) is 15.3. The summed E-state index contributed by atoms with van der Waals surface area (Å²) >= 11 is 6.34. The smallest absolute Gasteiger partial charge is 0.256 e. The molecule has 1 heterocycles. The minimum Gasteiger partial charge on any atom is -0.256 e. The maximum absolute atomic E-state index is 13.6. The maximum Gasteiger partial charge on any atom is 0.277 e. The number of rotatable bonds is 6. The van der Waals surface area contributed by atoms with Gasteiger partial charge in [-0.2, -0.15) is 3.71 Å². The third-order valence-electron chi connectivity index (χ3n) is 4.62. The van der Waals surface area contributed by atoms with Crippen molar-refractivity contribution >= 4 is 37.3 Å². The van der Waals surface area contributed by atoms with Gasteiger partial charge in [-0.25, -0.2) is 16.8 Å². The van der Waals surface area contributed by atoms with Crippen molar-refractivity contribution in [3.05, 3.63) is 108 Å². The van der Waals surface area contributed by atoms with Gasteiger partial charge in [0.25, 0.3) is 20.0 Å². The van der Waals surface area contributed by atoms with Crippen LogP contribution in [-0.4, -0.2) is 21.8 Å². The first-order valence-corrected chi connectivity index (χ1v) is 12.7. The van der Waals surface area contributed by atoms with Crippen molar-refractivity contribution in [2.24, 2.45) is 0 Å². The molecule has 0 aliphatic rings. The molecular formula is C23H17ClN2O4S2. The molecule has 32 heavy (non-hydrogen) atoms. The predicted molar refractivity (Wildman–Crippen MR) is 124 cm³/mol. The van der Waals surface area contributed by atoms with Crippen molar-refractivity contribution in [1.29, 1.82) is 0 Å². The Hall–Kier alpha value is -3.20. The van der Waals surface area contributed by atoms with Crippen LogP contribution in [0.4, 0.5) is 5.69 Å². The number of nitrogens with zero attached hydrogens (tertiary/aromatic N) is 2. The zero-order chi connectivity index (χ0) is 22.8. The highest BCUT2D eigenvalue weighted by molar-refractivity contribution is 8.10. The second kappa shape index (κ2) is 8.74. The van der Waals surface area contributed by atoms with Crippen molar-refractivity contribution in [2.75, 3.05) is 3.71 Å². The molecule has 0 spiro atoms. The Morgan fingerprint density at radius 2 is 1.19 bits per heavy atom. The lowest BCUT2D eigenvalue weighted by molar-refractivity contribution is 0.584. The molecule has 0 bridgehead atoms. The molecule has 0 aliphatic carbocycles. The minimum atomic E-state index is -4.49. The lowest BCUT2D eigenvalue weighted by Crippen LogP contribution is -2.37. The van der Waals surface area contributed by atoms with E-state index in [1.165, 1.54) is 66.7 Å². The number of hydrogen-bond donors (Lipinski definition) is 0. The minimum absolute atomic E-state index is 0.0808. The molecule has 0 saturated carbocycles. The topological polar surface area (TPSA) is 84.4 Å². The third-order valence-corrected chi connectivity index (χ3v) is 9.16. The lowest BCUT2D eigenvalue weighted by atomic mass is 10.1. The summed E-state index contributed by atoms with van der Waals surface area (Å²) in [5, 5.41) is 0.307. The van der Waals surface area contributed by atoms with Gasteiger partial charge in [0.15, 0.2) is 0 Å². The highest BCUT2D eigenvalue weighted by atomic mass is 35.5. The summed E-state index contributed by atoms with van der Waals surface area (Å²) in [6.07, 6.45) is 1.57. The van der Waals surface area contributed by atoms with Crippen molar-refractivity contribution in [3.8, 4) is 11.3 Å². The Morgan fingerprint density at radius 3 is 1.69 bits per heavy atom. The molecule has 4 rings (SSSR count). The molecule has 0 atom stereocenters.